The molecule has 0 spiro atoms. The molecule has 1 heterocycles. The molecule has 1 nitrogen and oxygen atoms in total. The zero-order chi connectivity index (χ0) is 11.4. The van der Waals surface area contributed by atoms with Gasteiger partial charge in [0, 0.05) is 0 Å². The summed E-state index contributed by atoms with van der Waals surface area (Å²) < 4.78 is 0. The molecule has 92 valence electrons. The predicted octanol–water partition coefficient (Wildman–Crippen LogP) is 4.37. The van der Waals surface area contributed by atoms with Crippen molar-refractivity contribution >= 4 is 0 Å². The third-order valence-electron chi connectivity index (χ3n) is 3.10. The quantitative estimate of drug-likeness (QED) is 0.630. The van der Waals surface area contributed by atoms with E-state index in [0.717, 1.165) is 5.92 Å². The highest BCUT2D eigenvalue weighted by atomic mass is 14.9. The summed E-state index contributed by atoms with van der Waals surface area (Å²) >= 11 is 0. The van der Waals surface area contributed by atoms with Gasteiger partial charge in [0.15, 0.2) is 0 Å². The molecule has 15 heavy (non-hydrogen) atoms. The maximum absolute atomic E-state index is 3.28. The molecule has 1 aliphatic carbocycles. The second-order valence-corrected chi connectivity index (χ2v) is 4.55. The second kappa shape index (κ2) is 12.0. The molecule has 0 amide bonds. The molecule has 0 unspecified atom stereocenters. The molecule has 0 aromatic carbocycles. The lowest BCUT2D eigenvalue weighted by Crippen LogP contribution is -2.21. The normalized spacial score (nSPS) is 21.8. The zero-order valence-electron chi connectivity index (χ0n) is 11.1. The maximum atomic E-state index is 3.28. The molecule has 2 aliphatic rings. The van der Waals surface area contributed by atoms with Crippen LogP contribution in [-0.4, -0.2) is 13.1 Å². The maximum Gasteiger partial charge on any atom is -0.00489 e. The predicted molar refractivity (Wildman–Crippen MR) is 70.3 cm³/mol. The highest BCUT2D eigenvalue weighted by Gasteiger charge is 2.05. The lowest BCUT2D eigenvalue weighted by atomic mass is 9.91. The van der Waals surface area contributed by atoms with Crippen LogP contribution in [0.2, 0.25) is 0 Å². The summed E-state index contributed by atoms with van der Waals surface area (Å²) in [6.45, 7) is 8.86. The minimum atomic E-state index is 1.04. The van der Waals surface area contributed by atoms with Gasteiger partial charge in [-0.2, -0.15) is 0 Å². The van der Waals surface area contributed by atoms with Crippen molar-refractivity contribution in [2.24, 2.45) is 5.92 Å². The largest absolute Gasteiger partial charge is 0.317 e. The molecule has 0 radical (unpaired) electrons. The SMILES string of the molecule is C1CCNCC1.CC.CC1CCCCC1. The standard InChI is InChI=1S/C7H14.C5H11N.C2H6/c1-7-5-3-2-4-6-7;1-2-4-6-5-3-1;1-2/h7H,2-6H2,1H3;6H,1-5H2;1-2H3. The third-order valence-corrected chi connectivity index (χ3v) is 3.10. The summed E-state index contributed by atoms with van der Waals surface area (Å²) in [6.07, 6.45) is 11.7. The minimum Gasteiger partial charge on any atom is -0.317 e. The molecule has 0 bridgehead atoms. The first kappa shape index (κ1) is 15.0. The Morgan fingerprint density at radius 3 is 1.40 bits per heavy atom. The average Bonchev–Trinajstić information content (AvgIpc) is 2.36. The van der Waals surface area contributed by atoms with E-state index in [9.17, 15) is 0 Å². The van der Waals surface area contributed by atoms with Crippen LogP contribution in [0.15, 0.2) is 0 Å². The summed E-state index contributed by atoms with van der Waals surface area (Å²) in [7, 11) is 0. The van der Waals surface area contributed by atoms with Gasteiger partial charge in [0.05, 0.1) is 0 Å². The molecular weight excluding hydrogens is 182 g/mol. The van der Waals surface area contributed by atoms with Gasteiger partial charge in [0.2, 0.25) is 0 Å². The van der Waals surface area contributed by atoms with E-state index in [2.05, 4.69) is 12.2 Å². The Balaban J connectivity index is 0.000000227. The molecular formula is C14H31N. The molecule has 1 aliphatic heterocycles. The molecule has 0 atom stereocenters. The fourth-order valence-electron chi connectivity index (χ4n) is 2.11. The first-order chi connectivity index (χ1) is 7.39. The Labute approximate surface area is 97.0 Å². The van der Waals surface area contributed by atoms with E-state index in [1.54, 1.807) is 0 Å². The summed E-state index contributed by atoms with van der Waals surface area (Å²) in [6, 6.07) is 0. The lowest BCUT2D eigenvalue weighted by molar-refractivity contribution is 0.385. The van der Waals surface area contributed by atoms with Crippen LogP contribution in [0.3, 0.4) is 0 Å². The van der Waals surface area contributed by atoms with Crippen LogP contribution < -0.4 is 5.32 Å². The number of hydrogen-bond donors (Lipinski definition) is 1. The lowest BCUT2D eigenvalue weighted by Gasteiger charge is -2.15. The molecule has 2 rings (SSSR count). The van der Waals surface area contributed by atoms with Crippen LogP contribution >= 0.6 is 0 Å². The Bertz CT molecular complexity index is 90.4. The fraction of sp³-hybridized carbons (Fsp3) is 1.00. The molecule has 2 fully saturated rings. The summed E-state index contributed by atoms with van der Waals surface area (Å²) in [5, 5.41) is 3.28. The van der Waals surface area contributed by atoms with E-state index in [4.69, 9.17) is 0 Å². The smallest absolute Gasteiger partial charge is 0.00489 e. The average molecular weight is 213 g/mol. The van der Waals surface area contributed by atoms with E-state index >= 15 is 0 Å². The van der Waals surface area contributed by atoms with Crippen LogP contribution in [0.5, 0.6) is 0 Å². The van der Waals surface area contributed by atoms with Crippen LogP contribution in [0.1, 0.15) is 72.1 Å². The van der Waals surface area contributed by atoms with Gasteiger partial charge in [-0.05, 0) is 31.8 Å². The molecule has 1 saturated heterocycles. The van der Waals surface area contributed by atoms with Gasteiger partial charge in [-0.25, -0.2) is 0 Å². The number of hydrogen-bond acceptors (Lipinski definition) is 1. The van der Waals surface area contributed by atoms with Crippen molar-refractivity contribution in [2.45, 2.75) is 72.1 Å². The summed E-state index contributed by atoms with van der Waals surface area (Å²) in [5.74, 6) is 1.04. The molecule has 0 aromatic rings. The fourth-order valence-corrected chi connectivity index (χ4v) is 2.11. The molecule has 1 N–H and O–H groups in total. The van der Waals surface area contributed by atoms with Gasteiger partial charge in [0.1, 0.15) is 0 Å². The molecule has 0 aromatic heterocycles. The van der Waals surface area contributed by atoms with Gasteiger partial charge in [-0.15, -0.1) is 0 Å². The minimum absolute atomic E-state index is 1.04. The number of rotatable bonds is 0. The Morgan fingerprint density at radius 1 is 0.733 bits per heavy atom. The van der Waals surface area contributed by atoms with Gasteiger partial charge >= 0.3 is 0 Å². The Morgan fingerprint density at radius 2 is 1.20 bits per heavy atom. The van der Waals surface area contributed by atoms with Crippen LogP contribution in [-0.2, 0) is 0 Å². The molecule has 1 saturated carbocycles. The topological polar surface area (TPSA) is 12.0 Å². The molecule has 1 heteroatoms. The summed E-state index contributed by atoms with van der Waals surface area (Å²) in [4.78, 5) is 0. The van der Waals surface area contributed by atoms with E-state index in [1.807, 2.05) is 13.8 Å². The van der Waals surface area contributed by atoms with Crippen molar-refractivity contribution in [2.75, 3.05) is 13.1 Å². The third kappa shape index (κ3) is 10.2. The Hall–Kier alpha value is -0.0400. The van der Waals surface area contributed by atoms with Crippen molar-refractivity contribution in [1.29, 1.82) is 0 Å². The van der Waals surface area contributed by atoms with Gasteiger partial charge in [0.25, 0.3) is 0 Å². The first-order valence-electron chi connectivity index (χ1n) is 7.10. The van der Waals surface area contributed by atoms with Crippen LogP contribution in [0.25, 0.3) is 0 Å². The van der Waals surface area contributed by atoms with Gasteiger partial charge in [-0.1, -0.05) is 59.3 Å². The highest BCUT2D eigenvalue weighted by Crippen LogP contribution is 2.22. The van der Waals surface area contributed by atoms with Crippen molar-refractivity contribution in [3.63, 3.8) is 0 Å². The number of nitrogens with one attached hydrogen (secondary N) is 1. The summed E-state index contributed by atoms with van der Waals surface area (Å²) in [5.41, 5.74) is 0. The van der Waals surface area contributed by atoms with Crippen molar-refractivity contribution in [3.8, 4) is 0 Å². The van der Waals surface area contributed by atoms with Crippen LogP contribution in [0.4, 0.5) is 0 Å². The second-order valence-electron chi connectivity index (χ2n) is 4.55. The zero-order valence-corrected chi connectivity index (χ0v) is 11.1. The van der Waals surface area contributed by atoms with E-state index in [0.29, 0.717) is 0 Å². The number of piperidine rings is 1. The van der Waals surface area contributed by atoms with Crippen molar-refractivity contribution in [1.82, 2.24) is 5.32 Å². The monoisotopic (exact) mass is 213 g/mol. The van der Waals surface area contributed by atoms with Gasteiger partial charge < -0.3 is 5.32 Å². The van der Waals surface area contributed by atoms with E-state index in [-0.39, 0.29) is 0 Å². The first-order valence-corrected chi connectivity index (χ1v) is 7.10. The van der Waals surface area contributed by atoms with E-state index in [1.165, 1.54) is 64.5 Å². The van der Waals surface area contributed by atoms with Gasteiger partial charge in [-0.3, -0.25) is 0 Å². The van der Waals surface area contributed by atoms with Crippen LogP contribution in [0, 0.1) is 5.92 Å². The Kier molecular flexibility index (Phi) is 12.0. The van der Waals surface area contributed by atoms with Crippen molar-refractivity contribution < 1.29 is 0 Å². The van der Waals surface area contributed by atoms with Crippen molar-refractivity contribution in [3.05, 3.63) is 0 Å². The van der Waals surface area contributed by atoms with E-state index < -0.39 is 0 Å². The highest BCUT2D eigenvalue weighted by molar-refractivity contribution is 4.59.